The molecule has 130 valence electrons. The summed E-state index contributed by atoms with van der Waals surface area (Å²) < 4.78 is 14.7. The van der Waals surface area contributed by atoms with Gasteiger partial charge in [-0.15, -0.1) is 0 Å². The fourth-order valence-corrected chi connectivity index (χ4v) is 1.96. The van der Waals surface area contributed by atoms with Gasteiger partial charge in [0, 0.05) is 5.56 Å². The molecule has 25 heavy (non-hydrogen) atoms. The molecule has 2 aromatic rings. The van der Waals surface area contributed by atoms with Crippen LogP contribution in [0.5, 0.6) is 0 Å². The van der Waals surface area contributed by atoms with Crippen LogP contribution < -0.4 is 0 Å². The predicted molar refractivity (Wildman–Crippen MR) is 84.4 cm³/mol. The standard InChI is InChI=1S/C17H15NO7/c19-12-24-17(14-9-5-2-6-10-14)25-15(18(21)22)16(20)23-11-13-7-3-1-4-8-13/h1-10,12,15,17H,11H2. The Kier molecular flexibility index (Phi) is 6.61. The summed E-state index contributed by atoms with van der Waals surface area (Å²) in [7, 11) is 0. The summed E-state index contributed by atoms with van der Waals surface area (Å²) in [6, 6.07) is 16.7. The lowest BCUT2D eigenvalue weighted by Crippen LogP contribution is -2.35. The molecule has 0 aliphatic carbocycles. The van der Waals surface area contributed by atoms with E-state index in [1.807, 2.05) is 0 Å². The van der Waals surface area contributed by atoms with Gasteiger partial charge < -0.3 is 9.47 Å². The van der Waals surface area contributed by atoms with E-state index in [1.54, 1.807) is 60.7 Å². The Morgan fingerprint density at radius 2 is 1.68 bits per heavy atom. The molecule has 2 unspecified atom stereocenters. The largest absolute Gasteiger partial charge is 0.454 e. The fourth-order valence-electron chi connectivity index (χ4n) is 1.96. The van der Waals surface area contributed by atoms with Gasteiger partial charge in [-0.3, -0.25) is 19.6 Å². The lowest BCUT2D eigenvalue weighted by molar-refractivity contribution is -0.571. The number of rotatable bonds is 9. The van der Waals surface area contributed by atoms with Crippen molar-refractivity contribution in [2.45, 2.75) is 19.1 Å². The Hall–Kier alpha value is -3.26. The molecule has 0 amide bonds. The van der Waals surface area contributed by atoms with Crippen LogP contribution in [0, 0.1) is 10.1 Å². The van der Waals surface area contributed by atoms with Crippen LogP contribution in [-0.4, -0.2) is 23.6 Å². The molecule has 8 heteroatoms. The van der Waals surface area contributed by atoms with Crippen LogP contribution in [-0.2, 0) is 30.4 Å². The van der Waals surface area contributed by atoms with E-state index in [-0.39, 0.29) is 13.1 Å². The highest BCUT2D eigenvalue weighted by Gasteiger charge is 2.37. The Morgan fingerprint density at radius 1 is 1.08 bits per heavy atom. The van der Waals surface area contributed by atoms with Crippen LogP contribution in [0.15, 0.2) is 60.7 Å². The SMILES string of the molecule is O=COC(OC(C(=O)OCc1ccccc1)[N+](=O)[O-])c1ccccc1. The first kappa shape index (κ1) is 18.1. The molecule has 0 radical (unpaired) electrons. The summed E-state index contributed by atoms with van der Waals surface area (Å²) in [5, 5.41) is 11.2. The van der Waals surface area contributed by atoms with Gasteiger partial charge in [-0.1, -0.05) is 60.7 Å². The van der Waals surface area contributed by atoms with E-state index in [4.69, 9.17) is 14.2 Å². The topological polar surface area (TPSA) is 105 Å². The zero-order valence-electron chi connectivity index (χ0n) is 13.0. The highest BCUT2D eigenvalue weighted by Crippen LogP contribution is 2.20. The lowest BCUT2D eigenvalue weighted by Gasteiger charge is -2.18. The molecular weight excluding hydrogens is 330 g/mol. The molecule has 0 spiro atoms. The molecular formula is C17H15NO7. The van der Waals surface area contributed by atoms with E-state index in [2.05, 4.69) is 0 Å². The van der Waals surface area contributed by atoms with Gasteiger partial charge in [0.25, 0.3) is 6.47 Å². The normalized spacial score (nSPS) is 12.6. The van der Waals surface area contributed by atoms with E-state index in [0.717, 1.165) is 0 Å². The monoisotopic (exact) mass is 345 g/mol. The molecule has 8 nitrogen and oxygen atoms in total. The van der Waals surface area contributed by atoms with Crippen molar-refractivity contribution in [3.63, 3.8) is 0 Å². The number of benzene rings is 2. The second kappa shape index (κ2) is 9.14. The Morgan fingerprint density at radius 3 is 2.24 bits per heavy atom. The van der Waals surface area contributed by atoms with Crippen LogP contribution in [0.2, 0.25) is 0 Å². The van der Waals surface area contributed by atoms with Gasteiger partial charge in [0.2, 0.25) is 6.29 Å². The van der Waals surface area contributed by atoms with Crippen LogP contribution in [0.4, 0.5) is 0 Å². The van der Waals surface area contributed by atoms with Crippen LogP contribution in [0.3, 0.4) is 0 Å². The molecule has 0 fully saturated rings. The number of hydrogen-bond acceptors (Lipinski definition) is 7. The Labute approximate surface area is 143 Å². The minimum atomic E-state index is -2.13. The fraction of sp³-hybridized carbons (Fsp3) is 0.176. The summed E-state index contributed by atoms with van der Waals surface area (Å²) in [6.45, 7) is -0.0537. The maximum atomic E-state index is 12.0. The first-order chi connectivity index (χ1) is 12.1. The smallest absolute Gasteiger partial charge is 0.416 e. The third kappa shape index (κ3) is 5.40. The average molecular weight is 345 g/mol. The maximum Gasteiger partial charge on any atom is 0.416 e. The second-order valence-corrected chi connectivity index (χ2v) is 4.84. The first-order valence-electron chi connectivity index (χ1n) is 7.25. The van der Waals surface area contributed by atoms with E-state index < -0.39 is 23.4 Å². The van der Waals surface area contributed by atoms with Gasteiger partial charge in [0.05, 0.1) is 4.92 Å². The minimum absolute atomic E-state index is 0.0873. The Bertz CT molecular complexity index is 705. The molecule has 2 aromatic carbocycles. The molecule has 2 rings (SSSR count). The number of nitro groups is 1. The molecule has 0 heterocycles. The van der Waals surface area contributed by atoms with E-state index in [1.165, 1.54) is 0 Å². The van der Waals surface area contributed by atoms with Crippen molar-refractivity contribution >= 4 is 12.4 Å². The summed E-state index contributed by atoms with van der Waals surface area (Å²) in [5.74, 6) is -1.19. The summed E-state index contributed by atoms with van der Waals surface area (Å²) in [4.78, 5) is 32.8. The summed E-state index contributed by atoms with van der Waals surface area (Å²) in [5.41, 5.74) is 1.01. The summed E-state index contributed by atoms with van der Waals surface area (Å²) >= 11 is 0. The van der Waals surface area contributed by atoms with Crippen LogP contribution in [0.25, 0.3) is 0 Å². The van der Waals surface area contributed by atoms with Gasteiger partial charge in [0.1, 0.15) is 6.61 Å². The van der Waals surface area contributed by atoms with E-state index in [0.29, 0.717) is 11.1 Å². The highest BCUT2D eigenvalue weighted by molar-refractivity contribution is 5.72. The van der Waals surface area contributed by atoms with Gasteiger partial charge in [-0.25, -0.2) is 4.79 Å². The van der Waals surface area contributed by atoms with Crippen LogP contribution in [0.1, 0.15) is 17.4 Å². The average Bonchev–Trinajstić information content (AvgIpc) is 2.64. The van der Waals surface area contributed by atoms with E-state index in [9.17, 15) is 19.7 Å². The maximum absolute atomic E-state index is 12.0. The number of ether oxygens (including phenoxy) is 3. The summed E-state index contributed by atoms with van der Waals surface area (Å²) in [6.07, 6.45) is -3.53. The zero-order chi connectivity index (χ0) is 18.1. The van der Waals surface area contributed by atoms with Crippen molar-refractivity contribution in [3.05, 3.63) is 81.9 Å². The van der Waals surface area contributed by atoms with Gasteiger partial charge in [-0.2, -0.15) is 0 Å². The quantitative estimate of drug-likeness (QED) is 0.225. The molecule has 0 aliphatic rings. The van der Waals surface area contributed by atoms with Gasteiger partial charge in [0.15, 0.2) is 0 Å². The molecule has 0 saturated heterocycles. The number of esters is 1. The number of carbonyl (C=O) groups is 2. The van der Waals surface area contributed by atoms with Crippen molar-refractivity contribution < 1.29 is 28.7 Å². The molecule has 0 aromatic heterocycles. The minimum Gasteiger partial charge on any atom is -0.454 e. The third-order valence-corrected chi connectivity index (χ3v) is 3.12. The van der Waals surface area contributed by atoms with Crippen molar-refractivity contribution in [1.29, 1.82) is 0 Å². The van der Waals surface area contributed by atoms with Gasteiger partial charge >= 0.3 is 12.2 Å². The second-order valence-electron chi connectivity index (χ2n) is 4.84. The highest BCUT2D eigenvalue weighted by atomic mass is 16.8. The first-order valence-corrected chi connectivity index (χ1v) is 7.25. The van der Waals surface area contributed by atoms with Crippen molar-refractivity contribution in [2.24, 2.45) is 0 Å². The molecule has 0 N–H and O–H groups in total. The molecule has 0 aliphatic heterocycles. The number of nitrogens with zero attached hydrogens (tertiary/aromatic N) is 1. The van der Waals surface area contributed by atoms with E-state index >= 15 is 0 Å². The third-order valence-electron chi connectivity index (χ3n) is 3.12. The Balaban J connectivity index is 2.06. The lowest BCUT2D eigenvalue weighted by atomic mass is 10.2. The van der Waals surface area contributed by atoms with Crippen molar-refractivity contribution in [1.82, 2.24) is 0 Å². The predicted octanol–water partition coefficient (Wildman–Crippen LogP) is 2.22. The molecule has 2 atom stereocenters. The molecule has 0 saturated carbocycles. The van der Waals surface area contributed by atoms with Crippen molar-refractivity contribution in [2.75, 3.05) is 0 Å². The van der Waals surface area contributed by atoms with Gasteiger partial charge in [-0.05, 0) is 5.56 Å². The van der Waals surface area contributed by atoms with Crippen molar-refractivity contribution in [3.8, 4) is 0 Å². The molecule has 0 bridgehead atoms. The zero-order valence-corrected chi connectivity index (χ0v) is 13.0. The van der Waals surface area contributed by atoms with Crippen LogP contribution >= 0.6 is 0 Å². The number of hydrogen-bond donors (Lipinski definition) is 0. The number of carbonyl (C=O) groups excluding carboxylic acids is 2.